The van der Waals surface area contributed by atoms with Crippen molar-refractivity contribution in [1.29, 1.82) is 0 Å². The number of halogens is 1. The van der Waals surface area contributed by atoms with Gasteiger partial charge in [-0.25, -0.2) is 0 Å². The average Bonchev–Trinajstić information content (AvgIpc) is 2.76. The third-order valence-corrected chi connectivity index (χ3v) is 2.05. The number of ketones is 1. The Morgan fingerprint density at radius 3 is 3.07 bits per heavy atom. The number of nitrogens with zero attached hydrogens (tertiary/aromatic N) is 4. The van der Waals surface area contributed by atoms with Gasteiger partial charge >= 0.3 is 0 Å². The lowest BCUT2D eigenvalue weighted by atomic mass is 10.1. The predicted molar refractivity (Wildman–Crippen MR) is 53.6 cm³/mol. The van der Waals surface area contributed by atoms with Crippen LogP contribution in [0.4, 0.5) is 0 Å². The summed E-state index contributed by atoms with van der Waals surface area (Å²) >= 11 is 5.85. The second-order valence-corrected chi connectivity index (χ2v) is 3.14. The summed E-state index contributed by atoms with van der Waals surface area (Å²) in [4.78, 5) is 13.0. The van der Waals surface area contributed by atoms with Crippen LogP contribution in [0.1, 0.15) is 13.1 Å². The molecule has 0 unspecified atom stereocenters. The number of benzene rings is 1. The fraction of sp³-hybridized carbons (Fsp3) is 0.111. The van der Waals surface area contributed by atoms with Crippen molar-refractivity contribution in [3.05, 3.63) is 41.1 Å². The van der Waals surface area contributed by atoms with Crippen molar-refractivity contribution in [1.82, 2.24) is 20.2 Å². The van der Waals surface area contributed by atoms with Crippen LogP contribution in [-0.4, -0.2) is 26.0 Å². The van der Waals surface area contributed by atoms with Gasteiger partial charge in [0.1, 0.15) is 6.54 Å². The molecular formula is C9H7ClN4O. The molecule has 0 fully saturated rings. The van der Waals surface area contributed by atoms with Gasteiger partial charge in [-0.2, -0.15) is 4.80 Å². The maximum Gasteiger partial charge on any atom is 0.187 e. The first-order valence-electron chi connectivity index (χ1n) is 5.08. The van der Waals surface area contributed by atoms with Crippen molar-refractivity contribution in [3.8, 4) is 0 Å². The van der Waals surface area contributed by atoms with E-state index in [1.54, 1.807) is 0 Å². The molecular weight excluding hydrogens is 216 g/mol. The van der Waals surface area contributed by atoms with Crippen molar-refractivity contribution in [3.63, 3.8) is 0 Å². The number of aromatic nitrogens is 4. The molecule has 0 N–H and O–H groups in total. The summed E-state index contributed by atoms with van der Waals surface area (Å²) in [6.07, 6.45) is 1.22. The Hall–Kier alpha value is -1.75. The number of hydrogen-bond donors (Lipinski definition) is 0. The molecule has 2 aromatic rings. The predicted octanol–water partition coefficient (Wildman–Crippen LogP) is 1.21. The van der Waals surface area contributed by atoms with E-state index >= 15 is 0 Å². The molecule has 1 heterocycles. The van der Waals surface area contributed by atoms with Crippen LogP contribution < -0.4 is 0 Å². The van der Waals surface area contributed by atoms with Gasteiger partial charge in [0.15, 0.2) is 12.1 Å². The average molecular weight is 225 g/mol. The van der Waals surface area contributed by atoms with Crippen LogP contribution in [0.15, 0.2) is 30.5 Å². The van der Waals surface area contributed by atoms with Gasteiger partial charge in [-0.1, -0.05) is 23.7 Å². The molecule has 0 aliphatic heterocycles. The van der Waals surface area contributed by atoms with E-state index in [-0.39, 0.29) is 35.0 Å². The molecule has 2 rings (SSSR count). The molecule has 0 bridgehead atoms. The normalized spacial score (nSPS) is 12.1. The number of tetrazole rings is 1. The van der Waals surface area contributed by atoms with Gasteiger partial charge in [0.2, 0.25) is 0 Å². The quantitative estimate of drug-likeness (QED) is 0.736. The van der Waals surface area contributed by atoms with E-state index < -0.39 is 0 Å². The Morgan fingerprint density at radius 1 is 1.53 bits per heavy atom. The molecule has 5 nitrogen and oxygen atoms in total. The molecule has 0 aliphatic carbocycles. The smallest absolute Gasteiger partial charge is 0.187 e. The van der Waals surface area contributed by atoms with Crippen LogP contribution in [0.3, 0.4) is 0 Å². The summed E-state index contributed by atoms with van der Waals surface area (Å²) in [6.45, 7) is -0.101. The van der Waals surface area contributed by atoms with Gasteiger partial charge in [0, 0.05) is 5.56 Å². The minimum absolute atomic E-state index is 0.0227. The zero-order chi connectivity index (χ0) is 12.4. The molecule has 0 radical (unpaired) electrons. The van der Waals surface area contributed by atoms with Crippen LogP contribution >= 0.6 is 11.6 Å². The maximum atomic E-state index is 11.8. The van der Waals surface area contributed by atoms with Gasteiger partial charge in [0.25, 0.3) is 0 Å². The highest BCUT2D eigenvalue weighted by atomic mass is 35.5. The molecule has 0 spiro atoms. The highest BCUT2D eigenvalue weighted by molar-refractivity contribution is 6.33. The molecule has 15 heavy (non-hydrogen) atoms. The SMILES string of the molecule is [2H]c1cc(Cl)c(C(=O)Cn2ncnn2)cc1[2H]. The fourth-order valence-corrected chi connectivity index (χ4v) is 1.27. The van der Waals surface area contributed by atoms with Gasteiger partial charge in [-0.15, -0.1) is 10.2 Å². The van der Waals surface area contributed by atoms with Crippen molar-refractivity contribution in [2.24, 2.45) is 0 Å². The summed E-state index contributed by atoms with van der Waals surface area (Å²) in [5.74, 6) is -0.332. The van der Waals surface area contributed by atoms with Gasteiger partial charge < -0.3 is 0 Å². The highest BCUT2D eigenvalue weighted by Gasteiger charge is 2.10. The Bertz CT molecular complexity index is 558. The Labute approximate surface area is 93.5 Å². The van der Waals surface area contributed by atoms with E-state index in [9.17, 15) is 4.79 Å². The largest absolute Gasteiger partial charge is 0.292 e. The fourth-order valence-electron chi connectivity index (χ4n) is 1.05. The van der Waals surface area contributed by atoms with E-state index in [2.05, 4.69) is 15.4 Å². The van der Waals surface area contributed by atoms with Crippen LogP contribution in [0.2, 0.25) is 5.02 Å². The third-order valence-electron chi connectivity index (χ3n) is 1.73. The van der Waals surface area contributed by atoms with Crippen molar-refractivity contribution < 1.29 is 7.54 Å². The summed E-state index contributed by atoms with van der Waals surface area (Å²) < 4.78 is 14.8. The molecule has 0 atom stereocenters. The molecule has 0 saturated carbocycles. The van der Waals surface area contributed by atoms with Gasteiger partial charge in [-0.05, 0) is 17.3 Å². The monoisotopic (exact) mass is 224 g/mol. The zero-order valence-corrected chi connectivity index (χ0v) is 8.27. The molecule has 6 heteroatoms. The van der Waals surface area contributed by atoms with Crippen molar-refractivity contribution >= 4 is 17.4 Å². The lowest BCUT2D eigenvalue weighted by molar-refractivity contribution is 0.0961. The molecule has 1 aromatic heterocycles. The number of carbonyl (C=O) groups excluding carboxylic acids is 1. The first kappa shape index (κ1) is 7.53. The Morgan fingerprint density at radius 2 is 2.33 bits per heavy atom. The maximum absolute atomic E-state index is 11.8. The number of hydrogen-bond acceptors (Lipinski definition) is 4. The summed E-state index contributed by atoms with van der Waals surface area (Å²) in [7, 11) is 0. The first-order chi connectivity index (χ1) is 8.08. The van der Waals surface area contributed by atoms with Crippen molar-refractivity contribution in [2.45, 2.75) is 6.54 Å². The van der Waals surface area contributed by atoms with Crippen molar-refractivity contribution in [2.75, 3.05) is 0 Å². The molecule has 76 valence electrons. The zero-order valence-electron chi connectivity index (χ0n) is 9.51. The van der Waals surface area contributed by atoms with E-state index in [4.69, 9.17) is 14.3 Å². The van der Waals surface area contributed by atoms with E-state index in [0.29, 0.717) is 0 Å². The number of Topliss-reactive ketones (excluding diaryl/α,β-unsaturated/α-hetero) is 1. The Kier molecular flexibility index (Phi) is 2.10. The Balaban J connectivity index is 2.28. The van der Waals surface area contributed by atoms with Crippen LogP contribution in [0, 0.1) is 0 Å². The standard InChI is InChI=1S/C9H7ClN4O/c10-8-4-2-1-3-7(8)9(15)5-14-12-6-11-13-14/h1-4,6H,5H2/i1D,2D. The molecule has 1 aromatic carbocycles. The van der Waals surface area contributed by atoms with E-state index in [0.717, 1.165) is 4.80 Å². The van der Waals surface area contributed by atoms with Crippen LogP contribution in [0.5, 0.6) is 0 Å². The summed E-state index contributed by atoms with van der Waals surface area (Å²) in [5, 5.41) is 10.9. The molecule has 0 amide bonds. The third kappa shape index (κ3) is 2.19. The van der Waals surface area contributed by atoms with E-state index in [1.807, 2.05) is 0 Å². The topological polar surface area (TPSA) is 60.7 Å². The van der Waals surface area contributed by atoms with E-state index in [1.165, 1.54) is 18.5 Å². The van der Waals surface area contributed by atoms with Gasteiger partial charge in [-0.3, -0.25) is 4.79 Å². The number of rotatable bonds is 3. The highest BCUT2D eigenvalue weighted by Crippen LogP contribution is 2.15. The minimum atomic E-state index is -0.332. The summed E-state index contributed by atoms with van der Waals surface area (Å²) in [6, 6.07) is 2.46. The van der Waals surface area contributed by atoms with Crippen LogP contribution in [0.25, 0.3) is 0 Å². The minimum Gasteiger partial charge on any atom is -0.292 e. The lowest BCUT2D eigenvalue weighted by Gasteiger charge is -2.01. The molecule has 0 saturated heterocycles. The van der Waals surface area contributed by atoms with Gasteiger partial charge in [0.05, 0.1) is 7.76 Å². The number of carbonyl (C=O) groups is 1. The lowest BCUT2D eigenvalue weighted by Crippen LogP contribution is -2.13. The second-order valence-electron chi connectivity index (χ2n) is 2.73. The summed E-state index contributed by atoms with van der Waals surface area (Å²) in [5.41, 5.74) is 0.185. The van der Waals surface area contributed by atoms with Crippen LogP contribution in [-0.2, 0) is 6.54 Å². The molecule has 0 aliphatic rings. The first-order valence-corrected chi connectivity index (χ1v) is 4.46. The second kappa shape index (κ2) is 4.18.